The van der Waals surface area contributed by atoms with Crippen LogP contribution in [0.15, 0.2) is 30.3 Å². The third-order valence-electron chi connectivity index (χ3n) is 4.67. The number of carbonyl (C=O) groups excluding carboxylic acids is 2. The normalized spacial score (nSPS) is 22.7. The van der Waals surface area contributed by atoms with Crippen LogP contribution >= 0.6 is 0 Å². The van der Waals surface area contributed by atoms with E-state index < -0.39 is 5.79 Å². The van der Waals surface area contributed by atoms with E-state index in [9.17, 15) is 9.59 Å². The van der Waals surface area contributed by atoms with Gasteiger partial charge in [-0.1, -0.05) is 30.3 Å². The van der Waals surface area contributed by atoms with E-state index in [1.165, 1.54) is 0 Å². The molecule has 0 aliphatic carbocycles. The molecule has 2 aliphatic heterocycles. The number of amides is 3. The van der Waals surface area contributed by atoms with Crippen LogP contribution in [0.1, 0.15) is 12.5 Å². The Morgan fingerprint density at radius 3 is 2.48 bits per heavy atom. The van der Waals surface area contributed by atoms with E-state index in [1.807, 2.05) is 37.3 Å². The van der Waals surface area contributed by atoms with E-state index in [0.29, 0.717) is 46.0 Å². The standard InChI is InChI=1S/C19H27N3O5/c1-2-25-13-17(23)21-8-10-26-19(14-21)15-22(9-11-27-19)18(24)20-12-16-6-4-3-5-7-16/h3-7H,2,8-15H2,1H3,(H,20,24). The Kier molecular flexibility index (Phi) is 6.65. The molecule has 1 atom stereocenters. The van der Waals surface area contributed by atoms with Crippen molar-refractivity contribution in [2.75, 3.05) is 52.6 Å². The number of hydrogen-bond donors (Lipinski definition) is 1. The average Bonchev–Trinajstić information content (AvgIpc) is 2.71. The lowest BCUT2D eigenvalue weighted by Crippen LogP contribution is -2.64. The quantitative estimate of drug-likeness (QED) is 0.822. The van der Waals surface area contributed by atoms with Crippen LogP contribution in [0.25, 0.3) is 0 Å². The van der Waals surface area contributed by atoms with Crippen molar-refractivity contribution in [2.24, 2.45) is 0 Å². The van der Waals surface area contributed by atoms with Gasteiger partial charge in [-0.3, -0.25) is 4.79 Å². The minimum Gasteiger partial charge on any atom is -0.372 e. The van der Waals surface area contributed by atoms with Gasteiger partial charge in [-0.25, -0.2) is 4.79 Å². The molecular formula is C19H27N3O5. The molecule has 8 heteroatoms. The first-order valence-electron chi connectivity index (χ1n) is 9.32. The fourth-order valence-electron chi connectivity index (χ4n) is 3.25. The molecule has 3 rings (SSSR count). The van der Waals surface area contributed by atoms with Crippen LogP contribution in [0.2, 0.25) is 0 Å². The fourth-order valence-corrected chi connectivity index (χ4v) is 3.25. The van der Waals surface area contributed by atoms with E-state index in [-0.39, 0.29) is 25.1 Å². The summed E-state index contributed by atoms with van der Waals surface area (Å²) in [5.41, 5.74) is 1.04. The van der Waals surface area contributed by atoms with Crippen molar-refractivity contribution in [3.63, 3.8) is 0 Å². The van der Waals surface area contributed by atoms with Crippen LogP contribution in [0.3, 0.4) is 0 Å². The lowest BCUT2D eigenvalue weighted by Gasteiger charge is -2.47. The summed E-state index contributed by atoms with van der Waals surface area (Å²) < 4.78 is 16.9. The van der Waals surface area contributed by atoms with Crippen molar-refractivity contribution < 1.29 is 23.8 Å². The third-order valence-corrected chi connectivity index (χ3v) is 4.67. The molecule has 148 valence electrons. The molecule has 2 aliphatic rings. The molecule has 0 bridgehead atoms. The zero-order valence-corrected chi connectivity index (χ0v) is 15.7. The Morgan fingerprint density at radius 1 is 1.11 bits per heavy atom. The minimum absolute atomic E-state index is 0.0495. The predicted molar refractivity (Wildman–Crippen MR) is 98.0 cm³/mol. The van der Waals surface area contributed by atoms with Crippen molar-refractivity contribution in [2.45, 2.75) is 19.3 Å². The van der Waals surface area contributed by atoms with Crippen molar-refractivity contribution in [1.29, 1.82) is 0 Å². The largest absolute Gasteiger partial charge is 0.372 e. The van der Waals surface area contributed by atoms with Crippen molar-refractivity contribution in [1.82, 2.24) is 15.1 Å². The summed E-state index contributed by atoms with van der Waals surface area (Å²) in [5, 5.41) is 2.93. The summed E-state index contributed by atoms with van der Waals surface area (Å²) in [5.74, 6) is -1.06. The maximum Gasteiger partial charge on any atom is 0.317 e. The van der Waals surface area contributed by atoms with E-state index in [0.717, 1.165) is 5.56 Å². The average molecular weight is 377 g/mol. The highest BCUT2D eigenvalue weighted by atomic mass is 16.7. The number of urea groups is 1. The second kappa shape index (κ2) is 9.16. The Hall–Kier alpha value is -2.16. The van der Waals surface area contributed by atoms with Crippen LogP contribution in [0, 0.1) is 0 Å². The topological polar surface area (TPSA) is 80.3 Å². The van der Waals surface area contributed by atoms with Gasteiger partial charge in [0.25, 0.3) is 0 Å². The maximum atomic E-state index is 12.6. The number of morpholine rings is 2. The highest BCUT2D eigenvalue weighted by molar-refractivity contribution is 5.77. The third kappa shape index (κ3) is 5.18. The molecule has 8 nitrogen and oxygen atoms in total. The molecule has 1 aromatic carbocycles. The smallest absolute Gasteiger partial charge is 0.317 e. The van der Waals surface area contributed by atoms with Crippen molar-refractivity contribution in [3.05, 3.63) is 35.9 Å². The second-order valence-electron chi connectivity index (χ2n) is 6.63. The van der Waals surface area contributed by atoms with E-state index in [4.69, 9.17) is 14.2 Å². The maximum absolute atomic E-state index is 12.6. The zero-order valence-electron chi connectivity index (χ0n) is 15.7. The molecule has 2 saturated heterocycles. The Balaban J connectivity index is 1.55. The molecule has 2 fully saturated rings. The lowest BCUT2D eigenvalue weighted by atomic mass is 10.1. The summed E-state index contributed by atoms with van der Waals surface area (Å²) in [6.45, 7) is 5.15. The van der Waals surface area contributed by atoms with Gasteiger partial charge in [0, 0.05) is 26.2 Å². The Labute approximate surface area is 159 Å². The molecule has 0 saturated carbocycles. The summed E-state index contributed by atoms with van der Waals surface area (Å²) in [7, 11) is 0. The lowest BCUT2D eigenvalue weighted by molar-refractivity contribution is -0.284. The summed E-state index contributed by atoms with van der Waals surface area (Å²) in [4.78, 5) is 28.2. The van der Waals surface area contributed by atoms with E-state index in [2.05, 4.69) is 5.32 Å². The van der Waals surface area contributed by atoms with Gasteiger partial charge in [-0.05, 0) is 12.5 Å². The highest BCUT2D eigenvalue weighted by Gasteiger charge is 2.44. The molecule has 1 N–H and O–H groups in total. The molecular weight excluding hydrogens is 350 g/mol. The summed E-state index contributed by atoms with van der Waals surface area (Å²) in [6, 6.07) is 9.59. The van der Waals surface area contributed by atoms with Crippen molar-refractivity contribution >= 4 is 11.9 Å². The number of benzene rings is 1. The molecule has 1 spiro atoms. The first-order valence-corrected chi connectivity index (χ1v) is 9.32. The monoisotopic (exact) mass is 377 g/mol. The number of ether oxygens (including phenoxy) is 3. The highest BCUT2D eigenvalue weighted by Crippen LogP contribution is 2.25. The van der Waals surface area contributed by atoms with Crippen LogP contribution < -0.4 is 5.32 Å². The molecule has 1 unspecified atom stereocenters. The first kappa shape index (κ1) is 19.6. The summed E-state index contributed by atoms with van der Waals surface area (Å²) >= 11 is 0. The molecule has 0 radical (unpaired) electrons. The molecule has 0 aromatic heterocycles. The fraction of sp³-hybridized carbons (Fsp3) is 0.579. The SMILES string of the molecule is CCOCC(=O)N1CCOC2(C1)CN(C(=O)NCc1ccccc1)CCO2. The molecule has 2 heterocycles. The van der Waals surface area contributed by atoms with Crippen LogP contribution in [-0.2, 0) is 25.5 Å². The van der Waals surface area contributed by atoms with Gasteiger partial charge in [0.05, 0.1) is 26.3 Å². The first-order chi connectivity index (χ1) is 13.1. The van der Waals surface area contributed by atoms with Crippen LogP contribution in [0.5, 0.6) is 0 Å². The minimum atomic E-state index is -0.970. The molecule has 3 amide bonds. The summed E-state index contributed by atoms with van der Waals surface area (Å²) in [6.07, 6.45) is 0. The van der Waals surface area contributed by atoms with Gasteiger partial charge in [-0.2, -0.15) is 0 Å². The number of rotatable bonds is 5. The predicted octanol–water partition coefficient (Wildman–Crippen LogP) is 0.820. The van der Waals surface area contributed by atoms with Gasteiger partial charge in [0.15, 0.2) is 0 Å². The Morgan fingerprint density at radius 2 is 1.78 bits per heavy atom. The number of nitrogens with zero attached hydrogens (tertiary/aromatic N) is 2. The Bertz CT molecular complexity index is 637. The van der Waals surface area contributed by atoms with Gasteiger partial charge >= 0.3 is 6.03 Å². The number of nitrogens with one attached hydrogen (secondary N) is 1. The van der Waals surface area contributed by atoms with Gasteiger partial charge in [0.1, 0.15) is 6.61 Å². The molecule has 27 heavy (non-hydrogen) atoms. The van der Waals surface area contributed by atoms with Crippen LogP contribution in [0.4, 0.5) is 4.79 Å². The van der Waals surface area contributed by atoms with E-state index >= 15 is 0 Å². The molecule has 1 aromatic rings. The van der Waals surface area contributed by atoms with Gasteiger partial charge in [-0.15, -0.1) is 0 Å². The van der Waals surface area contributed by atoms with Crippen molar-refractivity contribution in [3.8, 4) is 0 Å². The zero-order chi connectivity index (χ0) is 19.1. The van der Waals surface area contributed by atoms with Gasteiger partial charge in [0.2, 0.25) is 11.7 Å². The number of carbonyl (C=O) groups is 2. The van der Waals surface area contributed by atoms with Crippen LogP contribution in [-0.4, -0.2) is 80.1 Å². The van der Waals surface area contributed by atoms with Gasteiger partial charge < -0.3 is 29.3 Å². The van der Waals surface area contributed by atoms with E-state index in [1.54, 1.807) is 9.80 Å². The second-order valence-corrected chi connectivity index (χ2v) is 6.63. The number of hydrogen-bond acceptors (Lipinski definition) is 5.